The molecule has 0 spiro atoms. The van der Waals surface area contributed by atoms with Gasteiger partial charge in [0.05, 0.1) is 6.10 Å². The molecule has 0 saturated carbocycles. The van der Waals surface area contributed by atoms with Crippen LogP contribution in [0.15, 0.2) is 10.3 Å². The average Bonchev–Trinajstić information content (AvgIpc) is 2.87. The molecule has 19 heavy (non-hydrogen) atoms. The highest BCUT2D eigenvalue weighted by atomic mass is 32.2. The number of rotatable bonds is 4. The van der Waals surface area contributed by atoms with E-state index in [0.717, 1.165) is 23.3 Å². The van der Waals surface area contributed by atoms with E-state index in [2.05, 4.69) is 0 Å². The van der Waals surface area contributed by atoms with E-state index in [0.29, 0.717) is 17.2 Å². The summed E-state index contributed by atoms with van der Waals surface area (Å²) in [4.78, 5) is 1.05. The molecule has 1 aliphatic rings. The Morgan fingerprint density at radius 3 is 2.74 bits per heavy atom. The SMILES string of the molecule is Cc1cc(S(=O)(=O)N2CCCC2CC(C)O)sc1C. The largest absolute Gasteiger partial charge is 0.393 e. The molecule has 1 saturated heterocycles. The summed E-state index contributed by atoms with van der Waals surface area (Å²) in [5.41, 5.74) is 1.02. The molecule has 4 nitrogen and oxygen atoms in total. The molecule has 1 aliphatic heterocycles. The number of hydrogen-bond acceptors (Lipinski definition) is 4. The third-order valence-electron chi connectivity index (χ3n) is 3.64. The van der Waals surface area contributed by atoms with Crippen molar-refractivity contribution in [2.45, 2.75) is 56.4 Å². The third kappa shape index (κ3) is 3.02. The van der Waals surface area contributed by atoms with Crippen molar-refractivity contribution in [2.75, 3.05) is 6.54 Å². The molecular formula is C13H21NO3S2. The first kappa shape index (κ1) is 15.0. The highest BCUT2D eigenvalue weighted by Crippen LogP contribution is 2.33. The third-order valence-corrected chi connectivity index (χ3v) is 7.20. The molecule has 1 aromatic rings. The number of hydrogen-bond donors (Lipinski definition) is 1. The van der Waals surface area contributed by atoms with Crippen LogP contribution in [0.1, 0.15) is 36.6 Å². The van der Waals surface area contributed by atoms with Crippen LogP contribution in [0, 0.1) is 13.8 Å². The summed E-state index contributed by atoms with van der Waals surface area (Å²) in [5, 5.41) is 9.50. The number of sulfonamides is 1. The maximum absolute atomic E-state index is 12.6. The molecule has 108 valence electrons. The monoisotopic (exact) mass is 303 g/mol. The second kappa shape index (κ2) is 5.52. The van der Waals surface area contributed by atoms with Gasteiger partial charge in [-0.2, -0.15) is 4.31 Å². The fourth-order valence-corrected chi connectivity index (χ4v) is 5.89. The molecule has 1 aromatic heterocycles. The standard InChI is InChI=1S/C13H21NO3S2/c1-9-7-13(18-11(9)3)19(16,17)14-6-4-5-12(14)8-10(2)15/h7,10,12,15H,4-6,8H2,1-3H3. The van der Waals surface area contributed by atoms with Crippen LogP contribution >= 0.6 is 11.3 Å². The Morgan fingerprint density at radius 2 is 2.21 bits per heavy atom. The van der Waals surface area contributed by atoms with E-state index in [1.807, 2.05) is 13.8 Å². The highest BCUT2D eigenvalue weighted by Gasteiger charge is 2.36. The Kier molecular flexibility index (Phi) is 4.35. The van der Waals surface area contributed by atoms with Gasteiger partial charge in [0.25, 0.3) is 10.0 Å². The van der Waals surface area contributed by atoms with Crippen molar-refractivity contribution in [2.24, 2.45) is 0 Å². The number of aliphatic hydroxyl groups is 1. The molecule has 6 heteroatoms. The number of thiophene rings is 1. The summed E-state index contributed by atoms with van der Waals surface area (Å²) >= 11 is 1.34. The van der Waals surface area contributed by atoms with Crippen molar-refractivity contribution in [3.8, 4) is 0 Å². The number of nitrogens with zero attached hydrogens (tertiary/aromatic N) is 1. The van der Waals surface area contributed by atoms with Crippen molar-refractivity contribution in [3.05, 3.63) is 16.5 Å². The van der Waals surface area contributed by atoms with Gasteiger partial charge in [-0.05, 0) is 51.7 Å². The lowest BCUT2D eigenvalue weighted by Crippen LogP contribution is -2.36. The van der Waals surface area contributed by atoms with Crippen LogP contribution in [0.4, 0.5) is 0 Å². The molecule has 2 rings (SSSR count). The van der Waals surface area contributed by atoms with E-state index in [4.69, 9.17) is 0 Å². The Balaban J connectivity index is 2.28. The molecular weight excluding hydrogens is 282 g/mol. The first-order chi connectivity index (χ1) is 8.82. The molecule has 2 unspecified atom stereocenters. The minimum absolute atomic E-state index is 0.0623. The molecule has 0 aromatic carbocycles. The summed E-state index contributed by atoms with van der Waals surface area (Å²) in [6.07, 6.45) is 1.77. The zero-order chi connectivity index (χ0) is 14.2. The Bertz CT molecular complexity index is 529. The van der Waals surface area contributed by atoms with E-state index in [9.17, 15) is 13.5 Å². The van der Waals surface area contributed by atoms with Crippen molar-refractivity contribution >= 4 is 21.4 Å². The van der Waals surface area contributed by atoms with Crippen LogP contribution in [0.5, 0.6) is 0 Å². The van der Waals surface area contributed by atoms with Gasteiger partial charge in [-0.25, -0.2) is 8.42 Å². The van der Waals surface area contributed by atoms with Crippen LogP contribution in [-0.4, -0.2) is 36.5 Å². The first-order valence-corrected chi connectivity index (χ1v) is 8.85. The molecule has 1 fully saturated rings. The van der Waals surface area contributed by atoms with Crippen LogP contribution in [0.2, 0.25) is 0 Å². The van der Waals surface area contributed by atoms with Crippen LogP contribution < -0.4 is 0 Å². The highest BCUT2D eigenvalue weighted by molar-refractivity contribution is 7.91. The first-order valence-electron chi connectivity index (χ1n) is 6.59. The summed E-state index contributed by atoms with van der Waals surface area (Å²) in [6.45, 7) is 6.15. The molecule has 2 atom stereocenters. The zero-order valence-corrected chi connectivity index (χ0v) is 13.2. The second-order valence-electron chi connectivity index (χ2n) is 5.30. The molecule has 1 N–H and O–H groups in total. The van der Waals surface area contributed by atoms with Gasteiger partial charge in [-0.3, -0.25) is 0 Å². The van der Waals surface area contributed by atoms with Gasteiger partial charge >= 0.3 is 0 Å². The summed E-state index contributed by atoms with van der Waals surface area (Å²) in [5.74, 6) is 0. The van der Waals surface area contributed by atoms with Gasteiger partial charge < -0.3 is 5.11 Å². The van der Waals surface area contributed by atoms with E-state index in [1.165, 1.54) is 11.3 Å². The van der Waals surface area contributed by atoms with Crippen molar-refractivity contribution in [1.82, 2.24) is 4.31 Å². The summed E-state index contributed by atoms with van der Waals surface area (Å²) < 4.78 is 27.3. The van der Waals surface area contributed by atoms with Crippen molar-refractivity contribution < 1.29 is 13.5 Å². The molecule has 0 amide bonds. The molecule has 0 aliphatic carbocycles. The molecule has 2 heterocycles. The van der Waals surface area contributed by atoms with Crippen molar-refractivity contribution in [3.63, 3.8) is 0 Å². The van der Waals surface area contributed by atoms with E-state index < -0.39 is 16.1 Å². The van der Waals surface area contributed by atoms with Gasteiger partial charge in [0, 0.05) is 17.5 Å². The molecule has 0 radical (unpaired) electrons. The van der Waals surface area contributed by atoms with Gasteiger partial charge in [-0.1, -0.05) is 0 Å². The van der Waals surface area contributed by atoms with Gasteiger partial charge in [0.1, 0.15) is 4.21 Å². The fraction of sp³-hybridized carbons (Fsp3) is 0.692. The maximum Gasteiger partial charge on any atom is 0.252 e. The molecule has 0 bridgehead atoms. The van der Waals surface area contributed by atoms with Crippen LogP contribution in [0.3, 0.4) is 0 Å². The van der Waals surface area contributed by atoms with Crippen LogP contribution in [0.25, 0.3) is 0 Å². The lowest BCUT2D eigenvalue weighted by Gasteiger charge is -2.24. The fourth-order valence-electron chi connectivity index (χ4n) is 2.54. The number of aliphatic hydroxyl groups excluding tert-OH is 1. The minimum Gasteiger partial charge on any atom is -0.393 e. The quantitative estimate of drug-likeness (QED) is 0.928. The van der Waals surface area contributed by atoms with E-state index in [-0.39, 0.29) is 6.04 Å². The van der Waals surface area contributed by atoms with E-state index >= 15 is 0 Å². The van der Waals surface area contributed by atoms with E-state index in [1.54, 1.807) is 17.3 Å². The smallest absolute Gasteiger partial charge is 0.252 e. The maximum atomic E-state index is 12.6. The van der Waals surface area contributed by atoms with Crippen molar-refractivity contribution in [1.29, 1.82) is 0 Å². The normalized spacial score (nSPS) is 22.8. The second-order valence-corrected chi connectivity index (χ2v) is 8.67. The average molecular weight is 303 g/mol. The lowest BCUT2D eigenvalue weighted by molar-refractivity contribution is 0.158. The van der Waals surface area contributed by atoms with Gasteiger partial charge in [0.2, 0.25) is 0 Å². The Morgan fingerprint density at radius 1 is 1.53 bits per heavy atom. The predicted molar refractivity (Wildman–Crippen MR) is 77.0 cm³/mol. The van der Waals surface area contributed by atoms with Gasteiger partial charge in [-0.15, -0.1) is 11.3 Å². The summed E-state index contributed by atoms with van der Waals surface area (Å²) in [6, 6.07) is 1.69. The van der Waals surface area contributed by atoms with Gasteiger partial charge in [0.15, 0.2) is 0 Å². The topological polar surface area (TPSA) is 57.6 Å². The van der Waals surface area contributed by atoms with Crippen LogP contribution in [-0.2, 0) is 10.0 Å². The Labute approximate surface area is 119 Å². The number of aryl methyl sites for hydroxylation is 2. The lowest BCUT2D eigenvalue weighted by atomic mass is 10.1. The summed E-state index contributed by atoms with van der Waals surface area (Å²) in [7, 11) is -3.39. The Hall–Kier alpha value is -0.430. The zero-order valence-electron chi connectivity index (χ0n) is 11.6. The predicted octanol–water partition coefficient (Wildman–Crippen LogP) is 2.29. The minimum atomic E-state index is -3.39.